The third-order valence-corrected chi connectivity index (χ3v) is 2.92. The lowest BCUT2D eigenvalue weighted by Crippen LogP contribution is -2.30. The van der Waals surface area contributed by atoms with Gasteiger partial charge in [0.25, 0.3) is 6.04 Å². The summed E-state index contributed by atoms with van der Waals surface area (Å²) < 4.78 is 0. The standard InChI is InChI=1S/C13H23NO4/c1-3-4-5-6-7-8-13(16)12(14(17)18)10-9-11(2)15/h12H,3-10H2,1-2H3. The van der Waals surface area contributed by atoms with Crippen LogP contribution in [0.25, 0.3) is 0 Å². The Bertz CT molecular complexity index is 289. The lowest BCUT2D eigenvalue weighted by atomic mass is 10.0. The van der Waals surface area contributed by atoms with E-state index in [2.05, 4.69) is 6.92 Å². The average Bonchev–Trinajstić information content (AvgIpc) is 2.28. The molecule has 0 radical (unpaired) electrons. The molecule has 5 nitrogen and oxygen atoms in total. The minimum Gasteiger partial charge on any atom is -0.300 e. The van der Waals surface area contributed by atoms with Gasteiger partial charge in [0, 0.05) is 24.2 Å². The second kappa shape index (κ2) is 9.74. The van der Waals surface area contributed by atoms with E-state index in [0.29, 0.717) is 6.42 Å². The van der Waals surface area contributed by atoms with Crippen molar-refractivity contribution < 1.29 is 14.5 Å². The highest BCUT2D eigenvalue weighted by atomic mass is 16.6. The molecule has 104 valence electrons. The van der Waals surface area contributed by atoms with Crippen LogP contribution in [0.15, 0.2) is 0 Å². The van der Waals surface area contributed by atoms with Gasteiger partial charge < -0.3 is 4.79 Å². The van der Waals surface area contributed by atoms with Gasteiger partial charge in [-0.2, -0.15) is 0 Å². The summed E-state index contributed by atoms with van der Waals surface area (Å²) in [5.74, 6) is -0.449. The van der Waals surface area contributed by atoms with Crippen LogP contribution >= 0.6 is 0 Å². The molecular weight excluding hydrogens is 234 g/mol. The quantitative estimate of drug-likeness (QED) is 0.324. The number of nitro groups is 1. The molecule has 0 amide bonds. The summed E-state index contributed by atoms with van der Waals surface area (Å²) in [6.07, 6.45) is 5.39. The molecule has 0 aromatic rings. The van der Waals surface area contributed by atoms with Crippen LogP contribution in [0.3, 0.4) is 0 Å². The van der Waals surface area contributed by atoms with E-state index in [4.69, 9.17) is 0 Å². The van der Waals surface area contributed by atoms with Crippen molar-refractivity contribution >= 4 is 11.6 Å². The summed E-state index contributed by atoms with van der Waals surface area (Å²) in [6, 6.07) is -1.19. The van der Waals surface area contributed by atoms with E-state index < -0.39 is 11.0 Å². The van der Waals surface area contributed by atoms with E-state index in [9.17, 15) is 19.7 Å². The largest absolute Gasteiger partial charge is 0.300 e. The molecule has 0 heterocycles. The molecule has 0 spiro atoms. The first-order chi connectivity index (χ1) is 8.49. The normalized spacial score (nSPS) is 12.1. The zero-order valence-corrected chi connectivity index (χ0v) is 11.3. The maximum Gasteiger partial charge on any atom is 0.270 e. The first-order valence-electron chi connectivity index (χ1n) is 6.64. The summed E-state index contributed by atoms with van der Waals surface area (Å²) >= 11 is 0. The molecule has 1 atom stereocenters. The van der Waals surface area contributed by atoms with Crippen LogP contribution in [-0.4, -0.2) is 22.5 Å². The lowest BCUT2D eigenvalue weighted by Gasteiger charge is -2.07. The first-order valence-corrected chi connectivity index (χ1v) is 6.64. The predicted molar refractivity (Wildman–Crippen MR) is 69.1 cm³/mol. The molecule has 0 saturated carbocycles. The number of ketones is 2. The molecule has 0 aromatic heterocycles. The highest BCUT2D eigenvalue weighted by molar-refractivity contribution is 5.83. The summed E-state index contributed by atoms with van der Waals surface area (Å²) in [6.45, 7) is 3.49. The number of carbonyl (C=O) groups is 2. The molecule has 0 fully saturated rings. The monoisotopic (exact) mass is 257 g/mol. The minimum absolute atomic E-state index is 0.0378. The lowest BCUT2D eigenvalue weighted by molar-refractivity contribution is -0.508. The Morgan fingerprint density at radius 2 is 1.72 bits per heavy atom. The van der Waals surface area contributed by atoms with Crippen LogP contribution < -0.4 is 0 Å². The number of unbranched alkanes of at least 4 members (excludes halogenated alkanes) is 4. The molecule has 0 aliphatic heterocycles. The number of rotatable bonds is 11. The van der Waals surface area contributed by atoms with Crippen molar-refractivity contribution in [3.05, 3.63) is 10.1 Å². The van der Waals surface area contributed by atoms with Crippen LogP contribution in [0.1, 0.15) is 65.2 Å². The summed E-state index contributed by atoms with van der Waals surface area (Å²) in [7, 11) is 0. The molecule has 1 unspecified atom stereocenters. The van der Waals surface area contributed by atoms with Crippen molar-refractivity contribution in [2.75, 3.05) is 0 Å². The van der Waals surface area contributed by atoms with Crippen LogP contribution in [0.5, 0.6) is 0 Å². The first kappa shape index (κ1) is 16.7. The predicted octanol–water partition coefficient (Wildman–Crippen LogP) is 2.93. The van der Waals surface area contributed by atoms with Gasteiger partial charge in [-0.1, -0.05) is 32.6 Å². The fourth-order valence-electron chi connectivity index (χ4n) is 1.79. The number of hydrogen-bond donors (Lipinski definition) is 0. The summed E-state index contributed by atoms with van der Waals surface area (Å²) in [5.41, 5.74) is 0. The Kier molecular flexibility index (Phi) is 9.06. The Morgan fingerprint density at radius 1 is 1.11 bits per heavy atom. The summed E-state index contributed by atoms with van der Waals surface area (Å²) in [5, 5.41) is 10.8. The maximum atomic E-state index is 11.7. The van der Waals surface area contributed by atoms with Gasteiger partial charge in [0.1, 0.15) is 5.78 Å². The van der Waals surface area contributed by atoms with Crippen molar-refractivity contribution in [3.63, 3.8) is 0 Å². The third kappa shape index (κ3) is 7.92. The van der Waals surface area contributed by atoms with E-state index >= 15 is 0 Å². The Labute approximate surface area is 108 Å². The van der Waals surface area contributed by atoms with Gasteiger partial charge in [-0.25, -0.2) is 0 Å². The number of hydrogen-bond acceptors (Lipinski definition) is 4. The molecule has 0 saturated heterocycles. The molecule has 0 rings (SSSR count). The van der Waals surface area contributed by atoms with Gasteiger partial charge in [-0.15, -0.1) is 0 Å². The van der Waals surface area contributed by atoms with Gasteiger partial charge >= 0.3 is 0 Å². The van der Waals surface area contributed by atoms with E-state index in [1.165, 1.54) is 6.92 Å². The minimum atomic E-state index is -1.19. The second-order valence-corrected chi connectivity index (χ2v) is 4.67. The number of Topliss-reactive ketones (excluding diaryl/α,β-unsaturated/α-hetero) is 2. The van der Waals surface area contributed by atoms with Crippen LogP contribution in [0.2, 0.25) is 0 Å². The Hall–Kier alpha value is -1.26. The van der Waals surface area contributed by atoms with Crippen molar-refractivity contribution in [2.45, 2.75) is 71.3 Å². The maximum absolute atomic E-state index is 11.7. The molecular formula is C13H23NO4. The van der Waals surface area contributed by atoms with E-state index in [1.54, 1.807) is 0 Å². The SMILES string of the molecule is CCCCCCCC(=O)C(CCC(C)=O)[N+](=O)[O-]. The van der Waals surface area contributed by atoms with Crippen LogP contribution in [0.4, 0.5) is 0 Å². The van der Waals surface area contributed by atoms with Gasteiger partial charge in [0.2, 0.25) is 5.78 Å². The van der Waals surface area contributed by atoms with Gasteiger partial charge in [0.05, 0.1) is 0 Å². The van der Waals surface area contributed by atoms with Crippen molar-refractivity contribution in [2.24, 2.45) is 0 Å². The van der Waals surface area contributed by atoms with Crippen LogP contribution in [0, 0.1) is 10.1 Å². The molecule has 0 aliphatic rings. The van der Waals surface area contributed by atoms with Crippen molar-refractivity contribution in [1.29, 1.82) is 0 Å². The fraction of sp³-hybridized carbons (Fsp3) is 0.846. The summed E-state index contributed by atoms with van der Waals surface area (Å²) in [4.78, 5) is 32.7. The molecule has 5 heteroatoms. The van der Waals surface area contributed by atoms with Gasteiger partial charge in [0.15, 0.2) is 0 Å². The van der Waals surface area contributed by atoms with E-state index in [0.717, 1.165) is 25.7 Å². The molecule has 0 aromatic carbocycles. The van der Waals surface area contributed by atoms with Gasteiger partial charge in [-0.05, 0) is 13.3 Å². The molecule has 18 heavy (non-hydrogen) atoms. The number of carbonyl (C=O) groups excluding carboxylic acids is 2. The molecule has 0 bridgehead atoms. The topological polar surface area (TPSA) is 77.3 Å². The van der Waals surface area contributed by atoms with Crippen molar-refractivity contribution in [3.8, 4) is 0 Å². The van der Waals surface area contributed by atoms with Crippen molar-refractivity contribution in [1.82, 2.24) is 0 Å². The zero-order chi connectivity index (χ0) is 14.0. The fourth-order valence-corrected chi connectivity index (χ4v) is 1.79. The molecule has 0 N–H and O–H groups in total. The second-order valence-electron chi connectivity index (χ2n) is 4.67. The Morgan fingerprint density at radius 3 is 2.22 bits per heavy atom. The van der Waals surface area contributed by atoms with E-state index in [-0.39, 0.29) is 30.8 Å². The van der Waals surface area contributed by atoms with Crippen LogP contribution in [-0.2, 0) is 9.59 Å². The smallest absolute Gasteiger partial charge is 0.270 e. The Balaban J connectivity index is 3.99. The highest BCUT2D eigenvalue weighted by Crippen LogP contribution is 2.11. The van der Waals surface area contributed by atoms with Gasteiger partial charge in [-0.3, -0.25) is 14.9 Å². The van der Waals surface area contributed by atoms with E-state index in [1.807, 2.05) is 0 Å². The third-order valence-electron chi connectivity index (χ3n) is 2.92. The average molecular weight is 257 g/mol. The zero-order valence-electron chi connectivity index (χ0n) is 11.3. The molecule has 0 aliphatic carbocycles. The highest BCUT2D eigenvalue weighted by Gasteiger charge is 2.28. The number of nitrogens with zero attached hydrogens (tertiary/aromatic N) is 1.